The fourth-order valence-electron chi connectivity index (χ4n) is 2.10. The zero-order valence-electron chi connectivity index (χ0n) is 16.1. The van der Waals surface area contributed by atoms with Crippen molar-refractivity contribution in [1.29, 1.82) is 0 Å². The van der Waals surface area contributed by atoms with Crippen LogP contribution >= 0.6 is 15.9 Å². The highest BCUT2D eigenvalue weighted by atomic mass is 79.9. The highest BCUT2D eigenvalue weighted by molar-refractivity contribution is 9.11. The number of nitrogens with one attached hydrogen (secondary N) is 2. The molecule has 0 aromatic heterocycles. The topological polar surface area (TPSA) is 93.7 Å². The van der Waals surface area contributed by atoms with Crippen LogP contribution < -0.4 is 10.6 Å². The van der Waals surface area contributed by atoms with E-state index < -0.39 is 29.6 Å². The van der Waals surface area contributed by atoms with E-state index in [-0.39, 0.29) is 12.1 Å². The van der Waals surface area contributed by atoms with Crippen LogP contribution in [-0.2, 0) is 25.5 Å². The number of carbonyl (C=O) groups excluding carboxylic acids is 3. The molecule has 1 rings (SSSR count). The Hall–Kier alpha value is -2.35. The Balaban J connectivity index is 3.01. The van der Waals surface area contributed by atoms with E-state index in [4.69, 9.17) is 4.74 Å². The Morgan fingerprint density at radius 2 is 1.74 bits per heavy atom. The smallest absolute Gasteiger partial charge is 0.408 e. The van der Waals surface area contributed by atoms with Gasteiger partial charge in [0.15, 0.2) is 0 Å². The summed E-state index contributed by atoms with van der Waals surface area (Å²) in [4.78, 5) is 36.7. The summed E-state index contributed by atoms with van der Waals surface area (Å²) >= 11 is 3.17. The lowest BCUT2D eigenvalue weighted by atomic mass is 10.1. The van der Waals surface area contributed by atoms with Gasteiger partial charge < -0.3 is 20.1 Å². The van der Waals surface area contributed by atoms with Gasteiger partial charge in [0.05, 0.1) is 7.11 Å². The standard InChI is InChI=1S/C19H25BrN2O5/c1-12(20)15(17(24)26-5)22-16(23)14(11-13-9-7-6-8-10-13)21-18(25)27-19(2,3)4/h6-10,14H,11H2,1-5H3,(H,21,25)(H,22,23)/b15-12-/t14-/m0/s1. The van der Waals surface area contributed by atoms with Gasteiger partial charge in [-0.25, -0.2) is 9.59 Å². The molecular formula is C19H25BrN2O5. The third-order valence-electron chi connectivity index (χ3n) is 3.27. The number of halogens is 1. The van der Waals surface area contributed by atoms with Crippen LogP contribution in [-0.4, -0.2) is 36.7 Å². The van der Waals surface area contributed by atoms with E-state index in [2.05, 4.69) is 31.3 Å². The van der Waals surface area contributed by atoms with Gasteiger partial charge in [0.25, 0.3) is 0 Å². The largest absolute Gasteiger partial charge is 0.464 e. The van der Waals surface area contributed by atoms with E-state index >= 15 is 0 Å². The van der Waals surface area contributed by atoms with Crippen LogP contribution in [0.4, 0.5) is 4.79 Å². The molecule has 8 heteroatoms. The predicted molar refractivity (Wildman–Crippen MR) is 105 cm³/mol. The molecule has 0 spiro atoms. The van der Waals surface area contributed by atoms with E-state index in [0.29, 0.717) is 4.48 Å². The summed E-state index contributed by atoms with van der Waals surface area (Å²) in [5, 5.41) is 5.06. The lowest BCUT2D eigenvalue weighted by Gasteiger charge is -2.23. The van der Waals surface area contributed by atoms with Crippen LogP contribution in [0.25, 0.3) is 0 Å². The number of benzene rings is 1. The summed E-state index contributed by atoms with van der Waals surface area (Å²) in [5.41, 5.74) is 0.0981. The first-order valence-electron chi connectivity index (χ1n) is 8.32. The fraction of sp³-hybridized carbons (Fsp3) is 0.421. The van der Waals surface area contributed by atoms with Gasteiger partial charge in [-0.15, -0.1) is 0 Å². The second-order valence-electron chi connectivity index (χ2n) is 6.78. The van der Waals surface area contributed by atoms with Gasteiger partial charge in [0.1, 0.15) is 17.3 Å². The van der Waals surface area contributed by atoms with Crippen LogP contribution in [0.3, 0.4) is 0 Å². The molecule has 0 heterocycles. The zero-order valence-corrected chi connectivity index (χ0v) is 17.7. The van der Waals surface area contributed by atoms with Crippen LogP contribution in [0.5, 0.6) is 0 Å². The first kappa shape index (κ1) is 22.7. The molecule has 0 fully saturated rings. The maximum Gasteiger partial charge on any atom is 0.408 e. The highest BCUT2D eigenvalue weighted by Crippen LogP contribution is 2.12. The number of allylic oxidation sites excluding steroid dienone is 1. The number of rotatable bonds is 6. The van der Waals surface area contributed by atoms with Crippen molar-refractivity contribution in [2.24, 2.45) is 0 Å². The van der Waals surface area contributed by atoms with Crippen molar-refractivity contribution in [2.75, 3.05) is 7.11 Å². The minimum Gasteiger partial charge on any atom is -0.464 e. The second kappa shape index (κ2) is 10.1. The maximum absolute atomic E-state index is 12.7. The van der Waals surface area contributed by atoms with E-state index in [0.717, 1.165) is 5.56 Å². The second-order valence-corrected chi connectivity index (χ2v) is 7.97. The SMILES string of the molecule is COC(=O)/C(NC(=O)[C@H](Cc1ccccc1)NC(=O)OC(C)(C)C)=C(\C)Br. The quantitative estimate of drug-likeness (QED) is 0.523. The molecule has 0 aliphatic rings. The van der Waals surface area contributed by atoms with Crippen molar-refractivity contribution in [3.63, 3.8) is 0 Å². The molecule has 27 heavy (non-hydrogen) atoms. The van der Waals surface area contributed by atoms with Crippen LogP contribution in [0.1, 0.15) is 33.3 Å². The minimum absolute atomic E-state index is 0.0356. The average Bonchev–Trinajstić information content (AvgIpc) is 2.57. The van der Waals surface area contributed by atoms with Gasteiger partial charge in [-0.2, -0.15) is 0 Å². The van der Waals surface area contributed by atoms with E-state index in [9.17, 15) is 14.4 Å². The molecular weight excluding hydrogens is 416 g/mol. The van der Waals surface area contributed by atoms with Crippen molar-refractivity contribution in [3.8, 4) is 0 Å². The van der Waals surface area contributed by atoms with Crippen molar-refractivity contribution >= 4 is 33.9 Å². The monoisotopic (exact) mass is 440 g/mol. The number of esters is 1. The first-order valence-corrected chi connectivity index (χ1v) is 9.11. The number of ether oxygens (including phenoxy) is 2. The molecule has 0 aliphatic heterocycles. The number of hydrogen-bond acceptors (Lipinski definition) is 5. The molecule has 7 nitrogen and oxygen atoms in total. The van der Waals surface area contributed by atoms with Gasteiger partial charge in [-0.3, -0.25) is 4.79 Å². The van der Waals surface area contributed by atoms with Crippen molar-refractivity contribution < 1.29 is 23.9 Å². The summed E-state index contributed by atoms with van der Waals surface area (Å²) in [5.74, 6) is -1.27. The number of alkyl carbamates (subject to hydrolysis) is 1. The summed E-state index contributed by atoms with van der Waals surface area (Å²) in [6.07, 6.45) is -0.500. The van der Waals surface area contributed by atoms with Gasteiger partial charge >= 0.3 is 12.1 Å². The van der Waals surface area contributed by atoms with Gasteiger partial charge in [0, 0.05) is 10.9 Å². The Morgan fingerprint density at radius 1 is 1.15 bits per heavy atom. The molecule has 0 saturated carbocycles. The van der Waals surface area contributed by atoms with Crippen molar-refractivity contribution in [3.05, 3.63) is 46.1 Å². The van der Waals surface area contributed by atoms with Gasteiger partial charge in [0.2, 0.25) is 5.91 Å². The van der Waals surface area contributed by atoms with Crippen LogP contribution in [0.2, 0.25) is 0 Å². The Bertz CT molecular complexity index is 707. The van der Waals surface area contributed by atoms with Gasteiger partial charge in [-0.05, 0) is 33.3 Å². The zero-order chi connectivity index (χ0) is 20.6. The first-order chi connectivity index (χ1) is 12.5. The Labute approximate surface area is 167 Å². The third kappa shape index (κ3) is 8.25. The summed E-state index contributed by atoms with van der Waals surface area (Å²) < 4.78 is 10.3. The normalized spacial score (nSPS) is 13.1. The number of amides is 2. The molecule has 1 atom stereocenters. The van der Waals surface area contributed by atoms with Crippen LogP contribution in [0, 0.1) is 0 Å². The summed E-state index contributed by atoms with van der Waals surface area (Å²) in [7, 11) is 1.21. The molecule has 2 amide bonds. The molecule has 148 valence electrons. The summed E-state index contributed by atoms with van der Waals surface area (Å²) in [6, 6.07) is 8.24. The molecule has 2 N–H and O–H groups in total. The van der Waals surface area contributed by atoms with Gasteiger partial charge in [-0.1, -0.05) is 46.3 Å². The average molecular weight is 441 g/mol. The highest BCUT2D eigenvalue weighted by Gasteiger charge is 2.27. The number of hydrogen-bond donors (Lipinski definition) is 2. The van der Waals surface area contributed by atoms with Crippen molar-refractivity contribution in [2.45, 2.75) is 45.8 Å². The molecule has 0 unspecified atom stereocenters. The lowest BCUT2D eigenvalue weighted by molar-refractivity contribution is -0.138. The molecule has 1 aromatic rings. The number of carbonyl (C=O) groups is 3. The van der Waals surface area contributed by atoms with Crippen LogP contribution in [0.15, 0.2) is 40.5 Å². The molecule has 1 aromatic carbocycles. The third-order valence-corrected chi connectivity index (χ3v) is 3.67. The Morgan fingerprint density at radius 3 is 2.22 bits per heavy atom. The number of methoxy groups -OCH3 is 1. The maximum atomic E-state index is 12.7. The lowest BCUT2D eigenvalue weighted by Crippen LogP contribution is -2.49. The fourth-order valence-corrected chi connectivity index (χ4v) is 2.36. The van der Waals surface area contributed by atoms with Crippen molar-refractivity contribution in [1.82, 2.24) is 10.6 Å². The minimum atomic E-state index is -0.950. The Kier molecular flexibility index (Phi) is 8.49. The summed E-state index contributed by atoms with van der Waals surface area (Å²) in [6.45, 7) is 6.78. The van der Waals surface area contributed by atoms with E-state index in [1.165, 1.54) is 7.11 Å². The molecule has 0 saturated heterocycles. The predicted octanol–water partition coefficient (Wildman–Crippen LogP) is 3.04. The molecule has 0 radical (unpaired) electrons. The van der Waals surface area contributed by atoms with E-state index in [1.54, 1.807) is 27.7 Å². The molecule has 0 bridgehead atoms. The van der Waals surface area contributed by atoms with E-state index in [1.807, 2.05) is 30.3 Å². The molecule has 0 aliphatic carbocycles.